The molecule has 1 aromatic carbocycles. The van der Waals surface area contributed by atoms with Crippen molar-refractivity contribution in [3.63, 3.8) is 0 Å². The Morgan fingerprint density at radius 1 is 1.24 bits per heavy atom. The van der Waals surface area contributed by atoms with Crippen molar-refractivity contribution in [1.82, 2.24) is 0 Å². The van der Waals surface area contributed by atoms with Gasteiger partial charge in [0.25, 0.3) is 0 Å². The zero-order valence-corrected chi connectivity index (χ0v) is 12.6. The van der Waals surface area contributed by atoms with Crippen LogP contribution in [0, 0.1) is 21.3 Å². The Kier molecular flexibility index (Phi) is 4.23. The molecule has 1 aromatic rings. The third-order valence-electron chi connectivity index (χ3n) is 4.08. The maximum atomic E-state index is 12.4. The summed E-state index contributed by atoms with van der Waals surface area (Å²) in [4.78, 5) is 12.4. The predicted octanol–water partition coefficient (Wildman–Crippen LogP) is 4.55. The van der Waals surface area contributed by atoms with Crippen molar-refractivity contribution in [1.29, 1.82) is 0 Å². The molecule has 92 valence electrons. The standard InChI is InChI=1S/C15H19IO/c1-10-6-7-13(8-11(10)2)15(17)12-4-3-5-14(16)9-12/h3-5,9-11,13H,6-8H2,1-2H3. The lowest BCUT2D eigenvalue weighted by molar-refractivity contribution is 0.0837. The zero-order valence-electron chi connectivity index (χ0n) is 10.4. The molecule has 0 aromatic heterocycles. The third-order valence-corrected chi connectivity index (χ3v) is 4.75. The Labute approximate surface area is 117 Å². The molecular formula is C15H19IO. The molecule has 17 heavy (non-hydrogen) atoms. The fourth-order valence-corrected chi connectivity index (χ4v) is 3.21. The SMILES string of the molecule is CC1CCC(C(=O)c2cccc(I)c2)CC1C. The van der Waals surface area contributed by atoms with Crippen LogP contribution in [0.3, 0.4) is 0 Å². The van der Waals surface area contributed by atoms with E-state index in [-0.39, 0.29) is 5.92 Å². The minimum absolute atomic E-state index is 0.249. The average Bonchev–Trinajstić information content (AvgIpc) is 2.32. The first-order valence-electron chi connectivity index (χ1n) is 6.37. The number of carbonyl (C=O) groups excluding carboxylic acids is 1. The fourth-order valence-electron chi connectivity index (χ4n) is 2.66. The Balaban J connectivity index is 2.10. The van der Waals surface area contributed by atoms with Crippen molar-refractivity contribution in [3.05, 3.63) is 33.4 Å². The second kappa shape index (κ2) is 5.51. The number of hydrogen-bond acceptors (Lipinski definition) is 1. The van der Waals surface area contributed by atoms with E-state index in [9.17, 15) is 4.79 Å². The number of hydrogen-bond donors (Lipinski definition) is 0. The molecule has 3 atom stereocenters. The quantitative estimate of drug-likeness (QED) is 0.569. The molecule has 0 spiro atoms. The van der Waals surface area contributed by atoms with Crippen LogP contribution in [0.25, 0.3) is 0 Å². The molecule has 1 aliphatic rings. The van der Waals surface area contributed by atoms with E-state index >= 15 is 0 Å². The lowest BCUT2D eigenvalue weighted by atomic mass is 9.73. The van der Waals surface area contributed by atoms with Crippen molar-refractivity contribution in [2.24, 2.45) is 17.8 Å². The second-order valence-corrected chi connectivity index (χ2v) is 6.58. The molecule has 0 N–H and O–H groups in total. The Morgan fingerprint density at radius 3 is 2.65 bits per heavy atom. The van der Waals surface area contributed by atoms with Gasteiger partial charge in [-0.05, 0) is 65.8 Å². The minimum Gasteiger partial charge on any atom is -0.294 e. The van der Waals surface area contributed by atoms with Gasteiger partial charge in [0.2, 0.25) is 0 Å². The van der Waals surface area contributed by atoms with Crippen LogP contribution in [0.1, 0.15) is 43.5 Å². The summed E-state index contributed by atoms with van der Waals surface area (Å²) < 4.78 is 1.14. The fraction of sp³-hybridized carbons (Fsp3) is 0.533. The largest absolute Gasteiger partial charge is 0.294 e. The van der Waals surface area contributed by atoms with Gasteiger partial charge in [0.05, 0.1) is 0 Å². The third kappa shape index (κ3) is 3.09. The van der Waals surface area contributed by atoms with Crippen LogP contribution in [0.4, 0.5) is 0 Å². The first-order chi connectivity index (χ1) is 8.08. The average molecular weight is 342 g/mol. The summed E-state index contributed by atoms with van der Waals surface area (Å²) in [6.45, 7) is 4.58. The van der Waals surface area contributed by atoms with Crippen LogP contribution in [-0.2, 0) is 0 Å². The molecule has 0 heterocycles. The van der Waals surface area contributed by atoms with Crippen molar-refractivity contribution in [2.75, 3.05) is 0 Å². The van der Waals surface area contributed by atoms with E-state index in [1.165, 1.54) is 6.42 Å². The minimum atomic E-state index is 0.249. The summed E-state index contributed by atoms with van der Waals surface area (Å²) in [5.41, 5.74) is 0.892. The first kappa shape index (κ1) is 13.1. The van der Waals surface area contributed by atoms with Crippen molar-refractivity contribution in [3.8, 4) is 0 Å². The number of Topliss-reactive ketones (excluding diaryl/α,β-unsaturated/α-hetero) is 1. The van der Waals surface area contributed by atoms with E-state index in [4.69, 9.17) is 0 Å². The van der Waals surface area contributed by atoms with Crippen molar-refractivity contribution >= 4 is 28.4 Å². The van der Waals surface area contributed by atoms with Crippen molar-refractivity contribution in [2.45, 2.75) is 33.1 Å². The summed E-state index contributed by atoms with van der Waals surface area (Å²) in [5.74, 6) is 2.05. The Hall–Kier alpha value is -0.380. The van der Waals surface area contributed by atoms with Gasteiger partial charge in [-0.15, -0.1) is 0 Å². The summed E-state index contributed by atoms with van der Waals surface area (Å²) in [7, 11) is 0. The molecule has 0 bridgehead atoms. The summed E-state index contributed by atoms with van der Waals surface area (Å²) in [5, 5.41) is 0. The van der Waals surface area contributed by atoms with Crippen LogP contribution in [0.15, 0.2) is 24.3 Å². The molecule has 2 rings (SSSR count). The molecule has 1 nitrogen and oxygen atoms in total. The molecule has 0 saturated heterocycles. The molecule has 1 saturated carbocycles. The predicted molar refractivity (Wildman–Crippen MR) is 79.2 cm³/mol. The highest BCUT2D eigenvalue weighted by Crippen LogP contribution is 2.35. The Bertz CT molecular complexity index is 413. The van der Waals surface area contributed by atoms with Gasteiger partial charge in [-0.1, -0.05) is 26.0 Å². The highest BCUT2D eigenvalue weighted by Gasteiger charge is 2.29. The normalized spacial score (nSPS) is 29.0. The van der Waals surface area contributed by atoms with Gasteiger partial charge in [0, 0.05) is 15.1 Å². The maximum Gasteiger partial charge on any atom is 0.165 e. The van der Waals surface area contributed by atoms with Crippen LogP contribution in [0.5, 0.6) is 0 Å². The molecule has 0 aliphatic heterocycles. The van der Waals surface area contributed by atoms with Gasteiger partial charge >= 0.3 is 0 Å². The van der Waals surface area contributed by atoms with Gasteiger partial charge < -0.3 is 0 Å². The van der Waals surface area contributed by atoms with Gasteiger partial charge in [-0.25, -0.2) is 0 Å². The molecule has 2 heteroatoms. The van der Waals surface area contributed by atoms with E-state index in [1.54, 1.807) is 0 Å². The number of halogens is 1. The highest BCUT2D eigenvalue weighted by molar-refractivity contribution is 14.1. The van der Waals surface area contributed by atoms with Crippen molar-refractivity contribution < 1.29 is 4.79 Å². The molecule has 0 radical (unpaired) electrons. The first-order valence-corrected chi connectivity index (χ1v) is 7.45. The van der Waals surface area contributed by atoms with E-state index in [0.717, 1.165) is 27.9 Å². The van der Waals surface area contributed by atoms with E-state index in [1.807, 2.05) is 24.3 Å². The molecular weight excluding hydrogens is 323 g/mol. The number of ketones is 1. The monoisotopic (exact) mass is 342 g/mol. The maximum absolute atomic E-state index is 12.4. The van der Waals surface area contributed by atoms with Crippen LogP contribution >= 0.6 is 22.6 Å². The van der Waals surface area contributed by atoms with Gasteiger partial charge in [-0.3, -0.25) is 4.79 Å². The summed E-state index contributed by atoms with van der Waals surface area (Å²) in [6.07, 6.45) is 3.32. The van der Waals surface area contributed by atoms with E-state index < -0.39 is 0 Å². The van der Waals surface area contributed by atoms with E-state index in [2.05, 4.69) is 36.4 Å². The second-order valence-electron chi connectivity index (χ2n) is 5.34. The number of carbonyl (C=O) groups is 1. The van der Waals surface area contributed by atoms with Gasteiger partial charge in [0.15, 0.2) is 5.78 Å². The Morgan fingerprint density at radius 2 is 2.00 bits per heavy atom. The zero-order chi connectivity index (χ0) is 12.4. The lowest BCUT2D eigenvalue weighted by Crippen LogP contribution is -2.26. The van der Waals surface area contributed by atoms with Crippen LogP contribution < -0.4 is 0 Å². The summed E-state index contributed by atoms with van der Waals surface area (Å²) >= 11 is 2.26. The molecule has 1 aliphatic carbocycles. The van der Waals surface area contributed by atoms with Gasteiger partial charge in [-0.2, -0.15) is 0 Å². The molecule has 3 unspecified atom stereocenters. The van der Waals surface area contributed by atoms with E-state index in [0.29, 0.717) is 11.7 Å². The topological polar surface area (TPSA) is 17.1 Å². The van der Waals surface area contributed by atoms with Crippen LogP contribution in [-0.4, -0.2) is 5.78 Å². The van der Waals surface area contributed by atoms with Crippen LogP contribution in [0.2, 0.25) is 0 Å². The summed E-state index contributed by atoms with van der Waals surface area (Å²) in [6, 6.07) is 7.96. The number of rotatable bonds is 2. The lowest BCUT2D eigenvalue weighted by Gasteiger charge is -2.31. The highest BCUT2D eigenvalue weighted by atomic mass is 127. The smallest absolute Gasteiger partial charge is 0.165 e. The molecule has 1 fully saturated rings. The molecule has 0 amide bonds. The number of benzene rings is 1. The van der Waals surface area contributed by atoms with Gasteiger partial charge in [0.1, 0.15) is 0 Å².